The molecule has 0 bridgehead atoms. The number of sulfone groups is 1. The van der Waals surface area contributed by atoms with Crippen molar-refractivity contribution >= 4 is 21.7 Å². The summed E-state index contributed by atoms with van der Waals surface area (Å²) in [5.41, 5.74) is 1.81. The van der Waals surface area contributed by atoms with Crippen molar-refractivity contribution in [1.29, 1.82) is 0 Å². The van der Waals surface area contributed by atoms with Gasteiger partial charge in [0, 0.05) is 6.04 Å². The van der Waals surface area contributed by atoms with Gasteiger partial charge >= 0.3 is 5.97 Å². The molecule has 1 heterocycles. The second-order valence-corrected chi connectivity index (χ2v) is 8.48. The number of nitrogens with one attached hydrogen (secondary N) is 1. The smallest absolute Gasteiger partial charge is 0.344 e. The number of carbonyl (C=O) groups is 2. The Morgan fingerprint density at radius 3 is 2.48 bits per heavy atom. The van der Waals surface area contributed by atoms with E-state index in [1.54, 1.807) is 0 Å². The van der Waals surface area contributed by atoms with Crippen molar-refractivity contribution in [3.63, 3.8) is 0 Å². The number of aryl methyl sites for hydroxylation is 2. The molecule has 0 radical (unpaired) electrons. The standard InChI is InChI=1S/C17H23NO6S/c1-11-5-4-6-12(2)16(11)23-9-15(19)24-13(3)17(20)18-14-7-8-25(21,22)10-14/h4-6,13-14H,7-10H2,1-3H3,(H,18,20)/t13-,14-/m0/s1. The molecule has 138 valence electrons. The third kappa shape index (κ3) is 5.45. The zero-order valence-electron chi connectivity index (χ0n) is 14.6. The van der Waals surface area contributed by atoms with Gasteiger partial charge in [-0.15, -0.1) is 0 Å². The maximum atomic E-state index is 12.0. The van der Waals surface area contributed by atoms with E-state index in [1.807, 2.05) is 32.0 Å². The number of para-hydroxylation sites is 1. The van der Waals surface area contributed by atoms with Crippen LogP contribution in [0.1, 0.15) is 24.5 Å². The Balaban J connectivity index is 1.80. The third-order valence-corrected chi connectivity index (χ3v) is 5.77. The zero-order chi connectivity index (χ0) is 18.6. The van der Waals surface area contributed by atoms with Crippen molar-refractivity contribution < 1.29 is 27.5 Å². The van der Waals surface area contributed by atoms with E-state index in [9.17, 15) is 18.0 Å². The van der Waals surface area contributed by atoms with E-state index in [-0.39, 0.29) is 18.1 Å². The summed E-state index contributed by atoms with van der Waals surface area (Å²) < 4.78 is 33.3. The normalized spacial score (nSPS) is 19.9. The number of hydrogen-bond donors (Lipinski definition) is 1. The Morgan fingerprint density at radius 1 is 1.28 bits per heavy atom. The van der Waals surface area contributed by atoms with E-state index in [1.165, 1.54) is 6.92 Å². The molecule has 2 atom stereocenters. The lowest BCUT2D eigenvalue weighted by Gasteiger charge is -2.17. The quantitative estimate of drug-likeness (QED) is 0.749. The Labute approximate surface area is 147 Å². The summed E-state index contributed by atoms with van der Waals surface area (Å²) in [4.78, 5) is 23.9. The van der Waals surface area contributed by atoms with E-state index >= 15 is 0 Å². The van der Waals surface area contributed by atoms with Gasteiger partial charge < -0.3 is 14.8 Å². The van der Waals surface area contributed by atoms with Gasteiger partial charge in [-0.1, -0.05) is 18.2 Å². The fourth-order valence-corrected chi connectivity index (χ4v) is 4.34. The van der Waals surface area contributed by atoms with Crippen molar-refractivity contribution in [3.8, 4) is 5.75 Å². The first-order chi connectivity index (χ1) is 11.7. The Bertz CT molecular complexity index is 738. The molecule has 2 rings (SSSR count). The summed E-state index contributed by atoms with van der Waals surface area (Å²) in [7, 11) is -3.08. The van der Waals surface area contributed by atoms with Gasteiger partial charge in [0.1, 0.15) is 5.75 Å². The molecule has 1 N–H and O–H groups in total. The molecule has 1 aromatic carbocycles. The van der Waals surface area contributed by atoms with E-state index in [2.05, 4.69) is 5.32 Å². The fraction of sp³-hybridized carbons (Fsp3) is 0.529. The highest BCUT2D eigenvalue weighted by atomic mass is 32.2. The predicted molar refractivity (Wildman–Crippen MR) is 92.2 cm³/mol. The van der Waals surface area contributed by atoms with Gasteiger partial charge in [0.2, 0.25) is 0 Å². The summed E-state index contributed by atoms with van der Waals surface area (Å²) in [6, 6.07) is 5.22. The number of esters is 1. The van der Waals surface area contributed by atoms with Gasteiger partial charge in [-0.25, -0.2) is 13.2 Å². The van der Waals surface area contributed by atoms with Gasteiger partial charge in [0.15, 0.2) is 22.5 Å². The Kier molecular flexibility index (Phi) is 6.05. The molecular formula is C17H23NO6S. The van der Waals surface area contributed by atoms with Crippen LogP contribution in [0.15, 0.2) is 18.2 Å². The van der Waals surface area contributed by atoms with Crippen LogP contribution in [0.2, 0.25) is 0 Å². The van der Waals surface area contributed by atoms with E-state index in [0.29, 0.717) is 12.2 Å². The maximum Gasteiger partial charge on any atom is 0.344 e. The molecule has 1 aromatic rings. The average Bonchev–Trinajstić information content (AvgIpc) is 2.85. The molecule has 1 fully saturated rings. The first-order valence-corrected chi connectivity index (χ1v) is 9.89. The van der Waals surface area contributed by atoms with E-state index in [0.717, 1.165) is 11.1 Å². The molecule has 0 spiro atoms. The molecule has 1 saturated heterocycles. The van der Waals surface area contributed by atoms with Crippen molar-refractivity contribution in [1.82, 2.24) is 5.32 Å². The molecular weight excluding hydrogens is 346 g/mol. The first-order valence-electron chi connectivity index (χ1n) is 8.07. The summed E-state index contributed by atoms with van der Waals surface area (Å²) in [6.45, 7) is 4.88. The Hall–Kier alpha value is -2.09. The number of hydrogen-bond acceptors (Lipinski definition) is 6. The SMILES string of the molecule is Cc1cccc(C)c1OCC(=O)O[C@@H](C)C(=O)N[C@H]1CCS(=O)(=O)C1. The second-order valence-electron chi connectivity index (χ2n) is 6.25. The average molecular weight is 369 g/mol. The summed E-state index contributed by atoms with van der Waals surface area (Å²) in [6.07, 6.45) is -0.637. The predicted octanol–water partition coefficient (Wildman–Crippen LogP) is 0.917. The lowest BCUT2D eigenvalue weighted by atomic mass is 10.1. The van der Waals surface area contributed by atoms with E-state index in [4.69, 9.17) is 9.47 Å². The molecule has 0 saturated carbocycles. The lowest BCUT2D eigenvalue weighted by molar-refractivity contribution is -0.156. The highest BCUT2D eigenvalue weighted by Gasteiger charge is 2.30. The maximum absolute atomic E-state index is 12.0. The van der Waals surface area contributed by atoms with Crippen LogP contribution in [-0.2, 0) is 24.2 Å². The van der Waals surface area contributed by atoms with Crippen LogP contribution in [0.3, 0.4) is 0 Å². The molecule has 1 amide bonds. The van der Waals surface area contributed by atoms with Crippen LogP contribution in [0.4, 0.5) is 0 Å². The fourth-order valence-electron chi connectivity index (χ4n) is 2.67. The van der Waals surface area contributed by atoms with Gasteiger partial charge in [-0.05, 0) is 38.3 Å². The molecule has 0 aromatic heterocycles. The van der Waals surface area contributed by atoms with Gasteiger partial charge in [0.25, 0.3) is 5.91 Å². The number of carbonyl (C=O) groups excluding carboxylic acids is 2. The number of ether oxygens (including phenoxy) is 2. The van der Waals surface area contributed by atoms with Crippen molar-refractivity contribution in [3.05, 3.63) is 29.3 Å². The van der Waals surface area contributed by atoms with Crippen LogP contribution < -0.4 is 10.1 Å². The second kappa shape index (κ2) is 7.86. The highest BCUT2D eigenvalue weighted by Crippen LogP contribution is 2.22. The molecule has 25 heavy (non-hydrogen) atoms. The lowest BCUT2D eigenvalue weighted by Crippen LogP contribution is -2.43. The summed E-state index contributed by atoms with van der Waals surface area (Å²) in [5.74, 6) is -0.565. The first kappa shape index (κ1) is 19.2. The van der Waals surface area contributed by atoms with Crippen LogP contribution >= 0.6 is 0 Å². The minimum atomic E-state index is -3.08. The van der Waals surface area contributed by atoms with Crippen LogP contribution in [0.25, 0.3) is 0 Å². The number of benzene rings is 1. The molecule has 8 heteroatoms. The van der Waals surface area contributed by atoms with Crippen LogP contribution in [0.5, 0.6) is 5.75 Å². The van der Waals surface area contributed by atoms with Crippen molar-refractivity contribution in [2.24, 2.45) is 0 Å². The van der Waals surface area contributed by atoms with Gasteiger partial charge in [0.05, 0.1) is 11.5 Å². The summed E-state index contributed by atoms with van der Waals surface area (Å²) >= 11 is 0. The largest absolute Gasteiger partial charge is 0.481 e. The molecule has 1 aliphatic heterocycles. The van der Waals surface area contributed by atoms with Crippen molar-refractivity contribution in [2.75, 3.05) is 18.1 Å². The topological polar surface area (TPSA) is 98.8 Å². The monoisotopic (exact) mass is 369 g/mol. The minimum Gasteiger partial charge on any atom is -0.481 e. The Morgan fingerprint density at radius 2 is 1.92 bits per heavy atom. The molecule has 0 unspecified atom stereocenters. The molecule has 1 aliphatic rings. The minimum absolute atomic E-state index is 0.0652. The van der Waals surface area contributed by atoms with Crippen LogP contribution in [-0.4, -0.2) is 50.6 Å². The highest BCUT2D eigenvalue weighted by molar-refractivity contribution is 7.91. The molecule has 0 aliphatic carbocycles. The number of amides is 1. The zero-order valence-corrected chi connectivity index (χ0v) is 15.4. The van der Waals surface area contributed by atoms with Crippen LogP contribution in [0, 0.1) is 13.8 Å². The van der Waals surface area contributed by atoms with Gasteiger partial charge in [-0.3, -0.25) is 4.79 Å². The third-order valence-electron chi connectivity index (χ3n) is 4.00. The van der Waals surface area contributed by atoms with Crippen molar-refractivity contribution in [2.45, 2.75) is 39.3 Å². The molecule has 7 nitrogen and oxygen atoms in total. The van der Waals surface area contributed by atoms with E-state index < -0.39 is 33.9 Å². The van der Waals surface area contributed by atoms with Gasteiger partial charge in [-0.2, -0.15) is 0 Å². The summed E-state index contributed by atoms with van der Waals surface area (Å²) in [5, 5.41) is 2.60. The number of rotatable bonds is 6.